The van der Waals surface area contributed by atoms with Gasteiger partial charge in [0, 0.05) is 13.1 Å². The Kier molecular flexibility index (Phi) is 4.62. The van der Waals surface area contributed by atoms with Crippen LogP contribution in [0.2, 0.25) is 0 Å². The Labute approximate surface area is 123 Å². The van der Waals surface area contributed by atoms with Gasteiger partial charge in [-0.1, -0.05) is 5.16 Å². The minimum atomic E-state index is -3.41. The van der Waals surface area contributed by atoms with Crippen LogP contribution in [0.5, 0.6) is 0 Å². The van der Waals surface area contributed by atoms with E-state index in [4.69, 9.17) is 4.52 Å². The van der Waals surface area contributed by atoms with Crippen molar-refractivity contribution in [3.05, 3.63) is 11.7 Å². The molecule has 21 heavy (non-hydrogen) atoms. The largest absolute Gasteiger partial charge is 0.341 e. The molecule has 9 heteroatoms. The van der Waals surface area contributed by atoms with Gasteiger partial charge in [-0.3, -0.25) is 4.79 Å². The number of rotatable bonds is 4. The fraction of sp³-hybridized carbons (Fsp3) is 0.750. The highest BCUT2D eigenvalue weighted by molar-refractivity contribution is 7.88. The second-order valence-electron chi connectivity index (χ2n) is 5.41. The Bertz CT molecular complexity index is 613. The summed E-state index contributed by atoms with van der Waals surface area (Å²) in [6, 6.07) is -0.775. The third kappa shape index (κ3) is 4.24. The standard InChI is InChI=1S/C12H20N4O4S/c1-8(15-21(3,18)19)12(17)16-6-4-5-10(7-16)11-13-9(2)14-20-11/h8,10,15H,4-7H2,1-3H3/t8-,10-/m0/s1. The van der Waals surface area contributed by atoms with Gasteiger partial charge in [-0.25, -0.2) is 13.1 Å². The summed E-state index contributed by atoms with van der Waals surface area (Å²) in [6.07, 6.45) is 2.74. The first kappa shape index (κ1) is 15.9. The molecule has 0 aromatic carbocycles. The zero-order valence-corrected chi connectivity index (χ0v) is 13.2. The Morgan fingerprint density at radius 3 is 2.81 bits per heavy atom. The number of aryl methyl sites for hydroxylation is 1. The number of nitrogens with one attached hydrogen (secondary N) is 1. The first-order valence-corrected chi connectivity index (χ1v) is 8.71. The molecule has 1 aromatic rings. The van der Waals surface area contributed by atoms with Crippen LogP contribution in [0.15, 0.2) is 4.52 Å². The van der Waals surface area contributed by atoms with E-state index in [2.05, 4.69) is 14.9 Å². The quantitative estimate of drug-likeness (QED) is 0.839. The highest BCUT2D eigenvalue weighted by atomic mass is 32.2. The molecule has 1 saturated heterocycles. The van der Waals surface area contributed by atoms with Gasteiger partial charge in [0.2, 0.25) is 21.8 Å². The molecule has 1 N–H and O–H groups in total. The minimum absolute atomic E-state index is 0.00864. The van der Waals surface area contributed by atoms with Crippen LogP contribution in [0.3, 0.4) is 0 Å². The number of carbonyl (C=O) groups excluding carboxylic acids is 1. The van der Waals surface area contributed by atoms with Crippen molar-refractivity contribution in [2.45, 2.75) is 38.6 Å². The topological polar surface area (TPSA) is 105 Å². The van der Waals surface area contributed by atoms with Gasteiger partial charge in [0.1, 0.15) is 0 Å². The number of likely N-dealkylation sites (tertiary alicyclic amines) is 1. The molecule has 0 radical (unpaired) electrons. The smallest absolute Gasteiger partial charge is 0.240 e. The predicted molar refractivity (Wildman–Crippen MR) is 75.0 cm³/mol. The second kappa shape index (κ2) is 6.10. The minimum Gasteiger partial charge on any atom is -0.341 e. The summed E-state index contributed by atoms with van der Waals surface area (Å²) >= 11 is 0. The Morgan fingerprint density at radius 2 is 2.24 bits per heavy atom. The fourth-order valence-electron chi connectivity index (χ4n) is 2.50. The van der Waals surface area contributed by atoms with Gasteiger partial charge < -0.3 is 9.42 Å². The molecule has 1 aliphatic rings. The van der Waals surface area contributed by atoms with E-state index < -0.39 is 16.1 Å². The molecule has 0 aliphatic carbocycles. The molecule has 0 saturated carbocycles. The summed E-state index contributed by atoms with van der Waals surface area (Å²) < 4.78 is 29.9. The Hall–Kier alpha value is -1.48. The maximum atomic E-state index is 12.3. The number of aromatic nitrogens is 2. The lowest BCUT2D eigenvalue weighted by molar-refractivity contribution is -0.133. The normalized spacial score (nSPS) is 21.3. The molecule has 1 aromatic heterocycles. The monoisotopic (exact) mass is 316 g/mol. The summed E-state index contributed by atoms with van der Waals surface area (Å²) in [5.74, 6) is 0.880. The molecule has 2 rings (SSSR count). The van der Waals surface area contributed by atoms with Crippen LogP contribution in [0.4, 0.5) is 0 Å². The van der Waals surface area contributed by atoms with E-state index in [-0.39, 0.29) is 11.8 Å². The van der Waals surface area contributed by atoms with Gasteiger partial charge in [-0.2, -0.15) is 4.98 Å². The third-order valence-corrected chi connectivity index (χ3v) is 4.17. The molecule has 2 atom stereocenters. The van der Waals surface area contributed by atoms with Crippen LogP contribution in [0, 0.1) is 6.92 Å². The van der Waals surface area contributed by atoms with Gasteiger partial charge in [0.15, 0.2) is 5.82 Å². The van der Waals surface area contributed by atoms with E-state index >= 15 is 0 Å². The van der Waals surface area contributed by atoms with E-state index in [9.17, 15) is 13.2 Å². The van der Waals surface area contributed by atoms with Crippen LogP contribution >= 0.6 is 0 Å². The van der Waals surface area contributed by atoms with Crippen molar-refractivity contribution in [2.24, 2.45) is 0 Å². The van der Waals surface area contributed by atoms with Crippen molar-refractivity contribution < 1.29 is 17.7 Å². The zero-order chi connectivity index (χ0) is 15.6. The maximum Gasteiger partial charge on any atom is 0.240 e. The van der Waals surface area contributed by atoms with Crippen LogP contribution in [-0.4, -0.2) is 54.8 Å². The van der Waals surface area contributed by atoms with E-state index in [0.29, 0.717) is 24.8 Å². The number of carbonyl (C=O) groups is 1. The van der Waals surface area contributed by atoms with E-state index in [1.165, 1.54) is 0 Å². The van der Waals surface area contributed by atoms with Crippen LogP contribution in [0.1, 0.15) is 37.4 Å². The van der Waals surface area contributed by atoms with Crippen LogP contribution in [0.25, 0.3) is 0 Å². The lowest BCUT2D eigenvalue weighted by atomic mass is 9.97. The summed E-state index contributed by atoms with van der Waals surface area (Å²) in [6.45, 7) is 4.37. The Morgan fingerprint density at radius 1 is 1.52 bits per heavy atom. The van der Waals surface area contributed by atoms with Crippen molar-refractivity contribution in [3.8, 4) is 0 Å². The van der Waals surface area contributed by atoms with E-state index in [1.54, 1.807) is 18.7 Å². The number of hydrogen-bond acceptors (Lipinski definition) is 6. The third-order valence-electron chi connectivity index (χ3n) is 3.39. The van der Waals surface area contributed by atoms with Crippen molar-refractivity contribution >= 4 is 15.9 Å². The molecular formula is C12H20N4O4S. The Balaban J connectivity index is 2.02. The summed E-state index contributed by atoms with van der Waals surface area (Å²) in [4.78, 5) is 18.1. The van der Waals surface area contributed by atoms with Crippen molar-refractivity contribution in [1.29, 1.82) is 0 Å². The molecule has 0 spiro atoms. The maximum absolute atomic E-state index is 12.3. The summed E-state index contributed by atoms with van der Waals surface area (Å²) in [5, 5.41) is 3.76. The molecule has 118 valence electrons. The molecule has 2 heterocycles. The summed E-state index contributed by atoms with van der Waals surface area (Å²) in [5.41, 5.74) is 0. The highest BCUT2D eigenvalue weighted by Crippen LogP contribution is 2.25. The number of amides is 1. The predicted octanol–water partition coefficient (Wildman–Crippen LogP) is 0.0217. The molecule has 0 unspecified atom stereocenters. The van der Waals surface area contributed by atoms with Crippen molar-refractivity contribution in [3.63, 3.8) is 0 Å². The van der Waals surface area contributed by atoms with Crippen LogP contribution in [-0.2, 0) is 14.8 Å². The zero-order valence-electron chi connectivity index (χ0n) is 12.4. The second-order valence-corrected chi connectivity index (χ2v) is 7.19. The van der Waals surface area contributed by atoms with Crippen molar-refractivity contribution in [2.75, 3.05) is 19.3 Å². The first-order chi connectivity index (χ1) is 9.76. The number of hydrogen-bond donors (Lipinski definition) is 1. The molecular weight excluding hydrogens is 296 g/mol. The molecule has 0 bridgehead atoms. The van der Waals surface area contributed by atoms with Gasteiger partial charge >= 0.3 is 0 Å². The lowest BCUT2D eigenvalue weighted by Crippen LogP contribution is -2.49. The SMILES string of the molecule is Cc1noc([C@H]2CCCN(C(=O)[C@H](C)NS(C)(=O)=O)C2)n1. The molecule has 1 amide bonds. The lowest BCUT2D eigenvalue weighted by Gasteiger charge is -2.32. The van der Waals surface area contributed by atoms with Gasteiger partial charge in [-0.05, 0) is 26.7 Å². The average molecular weight is 316 g/mol. The van der Waals surface area contributed by atoms with Gasteiger partial charge in [0.05, 0.1) is 18.2 Å². The number of piperidine rings is 1. The van der Waals surface area contributed by atoms with Gasteiger partial charge in [-0.15, -0.1) is 0 Å². The molecule has 1 aliphatic heterocycles. The highest BCUT2D eigenvalue weighted by Gasteiger charge is 2.31. The van der Waals surface area contributed by atoms with Crippen LogP contribution < -0.4 is 4.72 Å². The van der Waals surface area contributed by atoms with E-state index in [0.717, 1.165) is 19.1 Å². The fourth-order valence-corrected chi connectivity index (χ4v) is 3.25. The van der Waals surface area contributed by atoms with E-state index in [1.807, 2.05) is 0 Å². The average Bonchev–Trinajstić information content (AvgIpc) is 2.83. The van der Waals surface area contributed by atoms with Crippen molar-refractivity contribution in [1.82, 2.24) is 19.8 Å². The molecule has 1 fully saturated rings. The van der Waals surface area contributed by atoms with Gasteiger partial charge in [0.25, 0.3) is 0 Å². The summed E-state index contributed by atoms with van der Waals surface area (Å²) in [7, 11) is -3.41. The first-order valence-electron chi connectivity index (χ1n) is 6.82. The molecule has 8 nitrogen and oxygen atoms in total. The number of sulfonamides is 1. The number of nitrogens with zero attached hydrogens (tertiary/aromatic N) is 3.